The summed E-state index contributed by atoms with van der Waals surface area (Å²) < 4.78 is 5.30. The number of hydrogen-bond donors (Lipinski definition) is 3. The average molecular weight is 413 g/mol. The zero-order valence-corrected chi connectivity index (χ0v) is 17.5. The first-order chi connectivity index (χ1) is 13.8. The Balaban J connectivity index is 1.65. The predicted octanol–water partition coefficient (Wildman–Crippen LogP) is 3.99. The van der Waals surface area contributed by atoms with Crippen LogP contribution in [0.1, 0.15) is 47.3 Å². The number of ether oxygens (including phenoxy) is 1. The summed E-state index contributed by atoms with van der Waals surface area (Å²) in [5, 5.41) is 14.8. The lowest BCUT2D eigenvalue weighted by Gasteiger charge is -2.12. The number of nitrogens with zero attached hydrogens (tertiary/aromatic N) is 1. The van der Waals surface area contributed by atoms with E-state index in [0.29, 0.717) is 22.0 Å². The van der Waals surface area contributed by atoms with Gasteiger partial charge in [-0.05, 0) is 33.3 Å². The van der Waals surface area contributed by atoms with Crippen molar-refractivity contribution in [2.24, 2.45) is 0 Å². The molecule has 2 atom stereocenters. The fraction of sp³-hybridized carbons (Fsp3) is 0.286. The molecule has 0 bridgehead atoms. The zero-order chi connectivity index (χ0) is 21.1. The van der Waals surface area contributed by atoms with Crippen molar-refractivity contribution in [3.8, 4) is 11.3 Å². The summed E-state index contributed by atoms with van der Waals surface area (Å²) in [5.41, 5.74) is 3.91. The van der Waals surface area contributed by atoms with Crippen LogP contribution in [-0.2, 0) is 9.53 Å². The maximum Gasteiger partial charge on any atom is 0.355 e. The summed E-state index contributed by atoms with van der Waals surface area (Å²) in [7, 11) is 0. The number of esters is 1. The van der Waals surface area contributed by atoms with E-state index in [1.807, 2.05) is 35.7 Å². The van der Waals surface area contributed by atoms with Crippen LogP contribution in [0.15, 0.2) is 35.7 Å². The molecule has 3 N–H and O–H groups in total. The van der Waals surface area contributed by atoms with E-state index in [9.17, 15) is 14.7 Å². The number of benzene rings is 1. The summed E-state index contributed by atoms with van der Waals surface area (Å²) in [4.78, 5) is 32.2. The van der Waals surface area contributed by atoms with Gasteiger partial charge in [0.05, 0.1) is 11.8 Å². The smallest absolute Gasteiger partial charge is 0.355 e. The number of aliphatic hydroxyl groups excluding tert-OH is 1. The number of H-pyrrole nitrogens is 1. The number of aromatic amines is 1. The van der Waals surface area contributed by atoms with Gasteiger partial charge in [-0.25, -0.2) is 9.78 Å². The number of aromatic nitrogens is 2. The second-order valence-electron chi connectivity index (χ2n) is 6.78. The van der Waals surface area contributed by atoms with E-state index in [4.69, 9.17) is 4.74 Å². The molecule has 2 aromatic heterocycles. The number of thiazole rings is 1. The first-order valence-corrected chi connectivity index (χ1v) is 10.1. The molecule has 1 amide bonds. The van der Waals surface area contributed by atoms with Gasteiger partial charge in [0.25, 0.3) is 5.91 Å². The highest BCUT2D eigenvalue weighted by molar-refractivity contribution is 7.14. The van der Waals surface area contributed by atoms with Crippen LogP contribution in [0, 0.1) is 13.8 Å². The van der Waals surface area contributed by atoms with Gasteiger partial charge in [-0.1, -0.05) is 30.3 Å². The van der Waals surface area contributed by atoms with Gasteiger partial charge in [0.2, 0.25) is 0 Å². The lowest BCUT2D eigenvalue weighted by atomic mass is 10.1. The van der Waals surface area contributed by atoms with Crippen molar-refractivity contribution in [1.82, 2.24) is 9.97 Å². The lowest BCUT2D eigenvalue weighted by molar-refractivity contribution is -0.123. The normalized spacial score (nSPS) is 13.0. The average Bonchev–Trinajstić information content (AvgIpc) is 3.26. The third-order valence-corrected chi connectivity index (χ3v) is 5.33. The molecule has 0 radical (unpaired) electrons. The van der Waals surface area contributed by atoms with Crippen LogP contribution in [0.4, 0.5) is 5.13 Å². The van der Waals surface area contributed by atoms with Gasteiger partial charge in [-0.15, -0.1) is 11.3 Å². The third-order valence-electron chi connectivity index (χ3n) is 4.57. The minimum atomic E-state index is -1.01. The summed E-state index contributed by atoms with van der Waals surface area (Å²) in [6.45, 7) is 6.63. The molecule has 0 aliphatic carbocycles. The molecule has 1 aromatic carbocycles. The van der Waals surface area contributed by atoms with Crippen molar-refractivity contribution in [2.75, 3.05) is 5.32 Å². The fourth-order valence-corrected chi connectivity index (χ4v) is 3.87. The van der Waals surface area contributed by atoms with E-state index in [-0.39, 0.29) is 5.69 Å². The molecule has 3 rings (SSSR count). The molecule has 0 spiro atoms. The zero-order valence-electron chi connectivity index (χ0n) is 16.6. The maximum absolute atomic E-state index is 12.5. The number of aryl methyl sites for hydroxylation is 1. The number of nitrogens with one attached hydrogen (secondary N) is 2. The van der Waals surface area contributed by atoms with Gasteiger partial charge >= 0.3 is 5.97 Å². The standard InChI is InChI=1S/C21H23N3O4S/c1-11-17(13(3)25)12(2)22-18(11)20(27)28-14(4)19(26)24-21-23-16(10-29-21)15-8-6-5-7-9-15/h5-10,13-14,22,25H,1-4H3,(H,23,24,26)/t13-,14-/m0/s1. The van der Waals surface area contributed by atoms with E-state index in [1.165, 1.54) is 18.3 Å². The molecule has 0 unspecified atom stereocenters. The van der Waals surface area contributed by atoms with Crippen LogP contribution in [0.3, 0.4) is 0 Å². The molecule has 2 heterocycles. The highest BCUT2D eigenvalue weighted by atomic mass is 32.1. The Bertz CT molecular complexity index is 1020. The molecule has 3 aromatic rings. The molecule has 0 saturated carbocycles. The summed E-state index contributed by atoms with van der Waals surface area (Å²) in [6, 6.07) is 9.63. The van der Waals surface area contributed by atoms with Gasteiger partial charge in [0.15, 0.2) is 11.2 Å². The topological polar surface area (TPSA) is 104 Å². The predicted molar refractivity (Wildman–Crippen MR) is 112 cm³/mol. The van der Waals surface area contributed by atoms with Crippen LogP contribution in [0.25, 0.3) is 11.3 Å². The molecule has 0 aliphatic heterocycles. The minimum absolute atomic E-state index is 0.235. The molecular weight excluding hydrogens is 390 g/mol. The third kappa shape index (κ3) is 4.55. The highest BCUT2D eigenvalue weighted by Gasteiger charge is 2.25. The van der Waals surface area contributed by atoms with Crippen molar-refractivity contribution < 1.29 is 19.4 Å². The number of aliphatic hydroxyl groups is 1. The summed E-state index contributed by atoms with van der Waals surface area (Å²) in [6.07, 6.45) is -1.72. The van der Waals surface area contributed by atoms with E-state index in [1.54, 1.807) is 20.8 Å². The second kappa shape index (κ2) is 8.59. The fourth-order valence-electron chi connectivity index (χ4n) is 3.15. The summed E-state index contributed by atoms with van der Waals surface area (Å²) >= 11 is 1.30. The largest absolute Gasteiger partial charge is 0.448 e. The number of anilines is 1. The number of carbonyl (C=O) groups is 2. The number of rotatable bonds is 6. The van der Waals surface area contributed by atoms with Gasteiger partial charge < -0.3 is 14.8 Å². The van der Waals surface area contributed by atoms with Crippen LogP contribution in [-0.4, -0.2) is 33.1 Å². The Labute approximate surface area is 172 Å². The van der Waals surface area contributed by atoms with Crippen LogP contribution < -0.4 is 5.32 Å². The van der Waals surface area contributed by atoms with Crippen molar-refractivity contribution in [1.29, 1.82) is 0 Å². The van der Waals surface area contributed by atoms with Gasteiger partial charge in [-0.2, -0.15) is 0 Å². The van der Waals surface area contributed by atoms with Gasteiger partial charge in [-0.3, -0.25) is 10.1 Å². The highest BCUT2D eigenvalue weighted by Crippen LogP contribution is 2.26. The Hall–Kier alpha value is -2.97. The van der Waals surface area contributed by atoms with Crippen molar-refractivity contribution >= 4 is 28.3 Å². The lowest BCUT2D eigenvalue weighted by Crippen LogP contribution is -2.30. The monoisotopic (exact) mass is 413 g/mol. The summed E-state index contributed by atoms with van der Waals surface area (Å²) in [5.74, 6) is -1.12. The van der Waals surface area contributed by atoms with Crippen LogP contribution in [0.2, 0.25) is 0 Å². The van der Waals surface area contributed by atoms with Crippen molar-refractivity contribution in [3.63, 3.8) is 0 Å². The molecule has 0 aliphatic rings. The molecule has 152 valence electrons. The molecule has 0 saturated heterocycles. The molecule has 29 heavy (non-hydrogen) atoms. The first kappa shape index (κ1) is 20.8. The van der Waals surface area contributed by atoms with Gasteiger partial charge in [0.1, 0.15) is 5.69 Å². The Morgan fingerprint density at radius 3 is 2.52 bits per heavy atom. The van der Waals surface area contributed by atoms with Crippen molar-refractivity contribution in [3.05, 3.63) is 58.2 Å². The quantitative estimate of drug-likeness (QED) is 0.530. The molecule has 7 nitrogen and oxygen atoms in total. The molecule has 8 heteroatoms. The van der Waals surface area contributed by atoms with E-state index in [2.05, 4.69) is 15.3 Å². The molecular formula is C21H23N3O4S. The SMILES string of the molecule is Cc1[nH]c(C(=O)O[C@@H](C)C(=O)Nc2nc(-c3ccccc3)cs2)c(C)c1[C@H](C)O. The Morgan fingerprint density at radius 2 is 1.90 bits per heavy atom. The van der Waals surface area contributed by atoms with Crippen molar-refractivity contribution in [2.45, 2.75) is 39.9 Å². The number of hydrogen-bond acceptors (Lipinski definition) is 6. The van der Waals surface area contributed by atoms with Crippen LogP contribution in [0.5, 0.6) is 0 Å². The van der Waals surface area contributed by atoms with E-state index < -0.39 is 24.1 Å². The Kier molecular flexibility index (Phi) is 6.14. The number of amides is 1. The minimum Gasteiger partial charge on any atom is -0.448 e. The maximum atomic E-state index is 12.5. The first-order valence-electron chi connectivity index (χ1n) is 9.17. The number of carbonyl (C=O) groups excluding carboxylic acids is 2. The van der Waals surface area contributed by atoms with E-state index >= 15 is 0 Å². The van der Waals surface area contributed by atoms with Crippen LogP contribution >= 0.6 is 11.3 Å². The molecule has 0 fully saturated rings. The van der Waals surface area contributed by atoms with E-state index in [0.717, 1.165) is 11.3 Å². The second-order valence-corrected chi connectivity index (χ2v) is 7.64. The van der Waals surface area contributed by atoms with Gasteiger partial charge in [0, 0.05) is 22.2 Å². The Morgan fingerprint density at radius 1 is 1.21 bits per heavy atom.